The van der Waals surface area contributed by atoms with Crippen molar-refractivity contribution < 1.29 is 9.13 Å². The molecule has 0 aliphatic carbocycles. The van der Waals surface area contributed by atoms with Gasteiger partial charge in [0.2, 0.25) is 0 Å². The lowest BCUT2D eigenvalue weighted by Crippen LogP contribution is -2.05. The summed E-state index contributed by atoms with van der Waals surface area (Å²) < 4.78 is 19.6. The first-order valence-corrected chi connectivity index (χ1v) is 9.93. The predicted molar refractivity (Wildman–Crippen MR) is 118 cm³/mol. The number of halogens is 1. The first kappa shape index (κ1) is 19.0. The van der Waals surface area contributed by atoms with Crippen molar-refractivity contribution >= 4 is 16.5 Å². The molecule has 0 atom stereocenters. The molecule has 4 aromatic rings. The van der Waals surface area contributed by atoms with Crippen molar-refractivity contribution in [3.05, 3.63) is 107 Å². The molecular weight excluding hydrogens is 361 g/mol. The lowest BCUT2D eigenvalue weighted by Gasteiger charge is -2.16. The number of anilines is 1. The quantitative estimate of drug-likeness (QED) is 0.381. The van der Waals surface area contributed by atoms with Gasteiger partial charge >= 0.3 is 0 Å². The zero-order chi connectivity index (χ0) is 20.1. The summed E-state index contributed by atoms with van der Waals surface area (Å²) in [6.45, 7) is 3.13. The SMILES string of the molecule is CCc1ccc(NCc2c(OCc3cccc(F)c3)ccc3ccccc23)cc1. The summed E-state index contributed by atoms with van der Waals surface area (Å²) in [7, 11) is 0. The summed E-state index contributed by atoms with van der Waals surface area (Å²) in [6, 6.07) is 27.4. The molecule has 29 heavy (non-hydrogen) atoms. The maximum Gasteiger partial charge on any atom is 0.125 e. The van der Waals surface area contributed by atoms with Gasteiger partial charge in [0.05, 0.1) is 0 Å². The fraction of sp³-hybridized carbons (Fsp3) is 0.154. The Balaban J connectivity index is 1.59. The first-order valence-electron chi connectivity index (χ1n) is 9.93. The number of benzene rings is 4. The maximum absolute atomic E-state index is 13.5. The molecule has 0 bridgehead atoms. The number of rotatable bonds is 7. The minimum atomic E-state index is -0.248. The highest BCUT2D eigenvalue weighted by molar-refractivity contribution is 5.88. The van der Waals surface area contributed by atoms with Crippen LogP contribution in [0, 0.1) is 5.82 Å². The van der Waals surface area contributed by atoms with Crippen LogP contribution >= 0.6 is 0 Å². The van der Waals surface area contributed by atoms with Crippen LogP contribution in [0.15, 0.2) is 84.9 Å². The Hall–Kier alpha value is -3.33. The van der Waals surface area contributed by atoms with Gasteiger partial charge in [-0.15, -0.1) is 0 Å². The minimum Gasteiger partial charge on any atom is -0.489 e. The Bertz CT molecular complexity index is 1110. The van der Waals surface area contributed by atoms with Gasteiger partial charge in [-0.25, -0.2) is 4.39 Å². The molecular formula is C26H24FNO. The van der Waals surface area contributed by atoms with Gasteiger partial charge in [0.15, 0.2) is 0 Å². The van der Waals surface area contributed by atoms with E-state index in [-0.39, 0.29) is 5.82 Å². The van der Waals surface area contributed by atoms with Crippen LogP contribution in [0.3, 0.4) is 0 Å². The zero-order valence-corrected chi connectivity index (χ0v) is 16.5. The van der Waals surface area contributed by atoms with Crippen molar-refractivity contribution in [2.24, 2.45) is 0 Å². The predicted octanol–water partition coefficient (Wildman–Crippen LogP) is 6.73. The number of ether oxygens (including phenoxy) is 1. The van der Waals surface area contributed by atoms with Gasteiger partial charge in [-0.2, -0.15) is 0 Å². The average Bonchev–Trinajstić information content (AvgIpc) is 2.77. The van der Waals surface area contributed by atoms with Crippen LogP contribution in [-0.2, 0) is 19.6 Å². The van der Waals surface area contributed by atoms with Gasteiger partial charge in [-0.3, -0.25) is 0 Å². The molecule has 0 aromatic heterocycles. The topological polar surface area (TPSA) is 21.3 Å². The molecule has 0 aliphatic heterocycles. The summed E-state index contributed by atoms with van der Waals surface area (Å²) >= 11 is 0. The normalized spacial score (nSPS) is 10.8. The lowest BCUT2D eigenvalue weighted by atomic mass is 10.0. The third-order valence-electron chi connectivity index (χ3n) is 5.11. The molecule has 0 aliphatic rings. The fourth-order valence-corrected chi connectivity index (χ4v) is 3.47. The summed E-state index contributed by atoms with van der Waals surface area (Å²) in [5.41, 5.74) is 4.30. The van der Waals surface area contributed by atoms with E-state index < -0.39 is 0 Å². The second kappa shape index (κ2) is 8.78. The smallest absolute Gasteiger partial charge is 0.125 e. The molecule has 1 N–H and O–H groups in total. The highest BCUT2D eigenvalue weighted by atomic mass is 19.1. The molecule has 0 saturated carbocycles. The Labute approximate surface area is 171 Å². The van der Waals surface area contributed by atoms with E-state index in [1.54, 1.807) is 6.07 Å². The maximum atomic E-state index is 13.5. The molecule has 3 heteroatoms. The second-order valence-corrected chi connectivity index (χ2v) is 7.09. The van der Waals surface area contributed by atoms with E-state index in [4.69, 9.17) is 4.74 Å². The summed E-state index contributed by atoms with van der Waals surface area (Å²) in [5.74, 6) is 0.563. The summed E-state index contributed by atoms with van der Waals surface area (Å²) in [4.78, 5) is 0. The fourth-order valence-electron chi connectivity index (χ4n) is 3.47. The molecule has 0 unspecified atom stereocenters. The average molecular weight is 385 g/mol. The third-order valence-corrected chi connectivity index (χ3v) is 5.11. The molecule has 4 aromatic carbocycles. The molecule has 0 amide bonds. The van der Waals surface area contributed by atoms with Crippen LogP contribution < -0.4 is 10.1 Å². The highest BCUT2D eigenvalue weighted by Gasteiger charge is 2.10. The van der Waals surface area contributed by atoms with Gasteiger partial charge in [0.1, 0.15) is 18.2 Å². The molecule has 0 fully saturated rings. The molecule has 146 valence electrons. The van der Waals surface area contributed by atoms with Gasteiger partial charge in [-0.1, -0.05) is 61.5 Å². The van der Waals surface area contributed by atoms with E-state index in [1.807, 2.05) is 24.3 Å². The summed E-state index contributed by atoms with van der Waals surface area (Å²) in [6.07, 6.45) is 1.03. The van der Waals surface area contributed by atoms with E-state index in [0.717, 1.165) is 34.4 Å². The molecule has 0 heterocycles. The monoisotopic (exact) mass is 385 g/mol. The van der Waals surface area contributed by atoms with Crippen molar-refractivity contribution in [1.82, 2.24) is 0 Å². The van der Waals surface area contributed by atoms with Crippen molar-refractivity contribution in [3.63, 3.8) is 0 Å². The van der Waals surface area contributed by atoms with Crippen LogP contribution in [0.5, 0.6) is 5.75 Å². The van der Waals surface area contributed by atoms with Crippen molar-refractivity contribution in [3.8, 4) is 5.75 Å². The van der Waals surface area contributed by atoms with Gasteiger partial charge in [-0.05, 0) is 58.7 Å². The second-order valence-electron chi connectivity index (χ2n) is 7.09. The molecule has 0 spiro atoms. The molecule has 0 radical (unpaired) electrons. The number of aryl methyl sites for hydroxylation is 1. The van der Waals surface area contributed by atoms with Crippen LogP contribution in [-0.4, -0.2) is 0 Å². The van der Waals surface area contributed by atoms with E-state index >= 15 is 0 Å². The number of nitrogens with one attached hydrogen (secondary N) is 1. The van der Waals surface area contributed by atoms with E-state index in [2.05, 4.69) is 54.7 Å². The first-order chi connectivity index (χ1) is 14.2. The number of fused-ring (bicyclic) bond motifs is 1. The largest absolute Gasteiger partial charge is 0.489 e. The zero-order valence-electron chi connectivity index (χ0n) is 16.5. The Morgan fingerprint density at radius 3 is 2.45 bits per heavy atom. The third kappa shape index (κ3) is 4.57. The number of hydrogen-bond acceptors (Lipinski definition) is 2. The van der Waals surface area contributed by atoms with Crippen LogP contribution in [0.25, 0.3) is 10.8 Å². The van der Waals surface area contributed by atoms with Gasteiger partial charge < -0.3 is 10.1 Å². The van der Waals surface area contributed by atoms with E-state index in [9.17, 15) is 4.39 Å². The Morgan fingerprint density at radius 2 is 1.66 bits per heavy atom. The van der Waals surface area contributed by atoms with E-state index in [0.29, 0.717) is 13.2 Å². The van der Waals surface area contributed by atoms with Crippen molar-refractivity contribution in [1.29, 1.82) is 0 Å². The molecule has 2 nitrogen and oxygen atoms in total. The Kier molecular flexibility index (Phi) is 5.76. The molecule has 4 rings (SSSR count). The van der Waals surface area contributed by atoms with Crippen LogP contribution in [0.1, 0.15) is 23.6 Å². The standard InChI is InChI=1S/C26H24FNO/c1-2-19-10-13-23(14-11-19)28-17-25-24-9-4-3-7-21(24)12-15-26(25)29-18-20-6-5-8-22(27)16-20/h3-16,28H,2,17-18H2,1H3. The minimum absolute atomic E-state index is 0.248. The van der Waals surface area contributed by atoms with Gasteiger partial charge in [0, 0.05) is 17.8 Å². The number of hydrogen-bond donors (Lipinski definition) is 1. The highest BCUT2D eigenvalue weighted by Crippen LogP contribution is 2.30. The lowest BCUT2D eigenvalue weighted by molar-refractivity contribution is 0.303. The van der Waals surface area contributed by atoms with Gasteiger partial charge in [0.25, 0.3) is 0 Å². The van der Waals surface area contributed by atoms with Crippen molar-refractivity contribution in [2.45, 2.75) is 26.5 Å². The van der Waals surface area contributed by atoms with Crippen LogP contribution in [0.4, 0.5) is 10.1 Å². The Morgan fingerprint density at radius 1 is 0.828 bits per heavy atom. The van der Waals surface area contributed by atoms with Crippen molar-refractivity contribution in [2.75, 3.05) is 5.32 Å². The summed E-state index contributed by atoms with van der Waals surface area (Å²) in [5, 5.41) is 5.84. The van der Waals surface area contributed by atoms with E-state index in [1.165, 1.54) is 23.1 Å². The molecule has 0 saturated heterocycles. The van der Waals surface area contributed by atoms with Crippen LogP contribution in [0.2, 0.25) is 0 Å².